The fraction of sp³-hybridized carbons (Fsp3) is 0.378. The number of aryl methyl sites for hydroxylation is 3. The minimum Gasteiger partial charge on any atom is -0.469 e. The van der Waals surface area contributed by atoms with Gasteiger partial charge in [0, 0.05) is 50.3 Å². The Bertz CT molecular complexity index is 2480. The van der Waals surface area contributed by atoms with E-state index < -0.39 is 35.2 Å². The molecule has 0 aromatic carbocycles. The molecule has 4 N–H and O–H groups in total. The summed E-state index contributed by atoms with van der Waals surface area (Å²) in [7, 11) is 2.53. The summed E-state index contributed by atoms with van der Waals surface area (Å²) < 4.78 is 20.8. The number of aliphatic hydroxyl groups excluding tert-OH is 2. The van der Waals surface area contributed by atoms with Crippen molar-refractivity contribution in [1.29, 1.82) is 0 Å². The van der Waals surface area contributed by atoms with Crippen LogP contribution in [0.1, 0.15) is 87.0 Å². The van der Waals surface area contributed by atoms with E-state index >= 15 is 0 Å². The van der Waals surface area contributed by atoms with Crippen LogP contribution in [0.2, 0.25) is 0 Å². The molecule has 0 saturated carbocycles. The number of methoxy groups -OCH3 is 2. The molecular formula is C45H54BN4O10. The van der Waals surface area contributed by atoms with Gasteiger partial charge in [0.1, 0.15) is 19.1 Å². The van der Waals surface area contributed by atoms with Gasteiger partial charge in [-0.15, -0.1) is 0 Å². The van der Waals surface area contributed by atoms with Gasteiger partial charge < -0.3 is 39.1 Å². The molecule has 6 rings (SSSR count). The number of aromatic nitrogens is 4. The monoisotopic (exact) mass is 822 g/mol. The number of rotatable bonds is 13. The first kappa shape index (κ1) is 46.6. The van der Waals surface area contributed by atoms with Gasteiger partial charge >= 0.3 is 23.9 Å². The Morgan fingerprint density at radius 2 is 1.42 bits per heavy atom. The van der Waals surface area contributed by atoms with E-state index in [1.54, 1.807) is 18.2 Å². The molecule has 8 bridgehead atoms. The molecule has 14 nitrogen and oxygen atoms in total. The third kappa shape index (κ3) is 8.64. The van der Waals surface area contributed by atoms with Crippen LogP contribution in [0.3, 0.4) is 0 Å². The van der Waals surface area contributed by atoms with E-state index in [0.29, 0.717) is 45.8 Å². The molecule has 317 valence electrons. The van der Waals surface area contributed by atoms with Crippen LogP contribution in [-0.2, 0) is 50.0 Å². The molecule has 60 heavy (non-hydrogen) atoms. The Kier molecular flexibility index (Phi) is 15.0. The third-order valence-electron chi connectivity index (χ3n) is 11.2. The maximum atomic E-state index is 13.8. The summed E-state index contributed by atoms with van der Waals surface area (Å²) >= 11 is 0. The SMILES string of the molecule is C.C=Cc1c(C)c2cc3nc(cc4[nH]c(cc5nc(cc1[nH]2)C(C)=C5CCC(=O)OCCO)c(CCC(=O)OCCO)c4C)[C@@]1(C)C3=CC=C(C(=O)OC)[C@H]1C(=O)OC.[2HH].[B]. The van der Waals surface area contributed by atoms with Crippen molar-refractivity contribution < 1.29 is 49.8 Å². The van der Waals surface area contributed by atoms with Crippen molar-refractivity contribution in [3.8, 4) is 0 Å². The zero-order chi connectivity index (χ0) is 41.9. The topological polar surface area (TPSA) is 203 Å². The van der Waals surface area contributed by atoms with E-state index in [4.69, 9.17) is 28.9 Å². The normalized spacial score (nSPS) is 16.6. The molecule has 0 saturated heterocycles. The van der Waals surface area contributed by atoms with Crippen molar-refractivity contribution in [3.05, 3.63) is 93.6 Å². The summed E-state index contributed by atoms with van der Waals surface area (Å²) in [6, 6.07) is 7.57. The van der Waals surface area contributed by atoms with Crippen LogP contribution in [0.5, 0.6) is 0 Å². The fourth-order valence-corrected chi connectivity index (χ4v) is 8.04. The van der Waals surface area contributed by atoms with Gasteiger partial charge in [0.2, 0.25) is 0 Å². The molecular weight excluding hydrogens is 767 g/mol. The van der Waals surface area contributed by atoms with Gasteiger partial charge in [-0.3, -0.25) is 19.4 Å². The van der Waals surface area contributed by atoms with Crippen LogP contribution in [0.25, 0.3) is 44.9 Å². The van der Waals surface area contributed by atoms with Gasteiger partial charge in [-0.1, -0.05) is 32.2 Å². The quantitative estimate of drug-likeness (QED) is 0.0887. The number of aliphatic hydroxyl groups is 2. The molecule has 0 unspecified atom stereocenters. The average Bonchev–Trinajstić information content (AvgIpc) is 3.87. The largest absolute Gasteiger partial charge is 0.469 e. The lowest BCUT2D eigenvalue weighted by molar-refractivity contribution is -0.149. The smallest absolute Gasteiger partial charge is 0.334 e. The summed E-state index contributed by atoms with van der Waals surface area (Å²) in [5, 5.41) is 18.4. The van der Waals surface area contributed by atoms with Gasteiger partial charge in [0.15, 0.2) is 0 Å². The fourth-order valence-electron chi connectivity index (χ4n) is 8.04. The predicted octanol–water partition coefficient (Wildman–Crippen LogP) is 6.03. The van der Waals surface area contributed by atoms with Crippen LogP contribution >= 0.6 is 0 Å². The van der Waals surface area contributed by atoms with E-state index in [1.165, 1.54) is 14.2 Å². The Morgan fingerprint density at radius 1 is 0.817 bits per heavy atom. The summed E-state index contributed by atoms with van der Waals surface area (Å²) in [6.07, 6.45) is 5.77. The van der Waals surface area contributed by atoms with E-state index in [0.717, 1.165) is 44.4 Å². The van der Waals surface area contributed by atoms with E-state index in [-0.39, 0.29) is 68.5 Å². The molecule has 0 fully saturated rings. The number of hydrogen-bond acceptors (Lipinski definition) is 12. The summed E-state index contributed by atoms with van der Waals surface area (Å²) in [5.41, 5.74) is 9.62. The van der Waals surface area contributed by atoms with Crippen molar-refractivity contribution in [2.24, 2.45) is 5.92 Å². The number of esters is 4. The Labute approximate surface area is 352 Å². The maximum absolute atomic E-state index is 13.8. The summed E-state index contributed by atoms with van der Waals surface area (Å²) in [4.78, 5) is 69.6. The highest BCUT2D eigenvalue weighted by Crippen LogP contribution is 2.52. The Balaban J connectivity index is 0.00000331. The van der Waals surface area contributed by atoms with E-state index in [2.05, 4.69) is 16.5 Å². The highest BCUT2D eigenvalue weighted by atomic mass is 16.5. The molecule has 0 amide bonds. The van der Waals surface area contributed by atoms with Gasteiger partial charge in [-0.25, -0.2) is 9.78 Å². The van der Waals surface area contributed by atoms with E-state index in [9.17, 15) is 29.4 Å². The van der Waals surface area contributed by atoms with Gasteiger partial charge in [-0.05, 0) is 98.2 Å². The number of ether oxygens (including phenoxy) is 4. The summed E-state index contributed by atoms with van der Waals surface area (Å²) in [5.74, 6) is -3.36. The zero-order valence-corrected chi connectivity index (χ0v) is 34.1. The number of carbonyl (C=O) groups is 4. The lowest BCUT2D eigenvalue weighted by Crippen LogP contribution is -2.42. The van der Waals surface area contributed by atoms with Crippen molar-refractivity contribution in [2.75, 3.05) is 40.6 Å². The minimum atomic E-state index is -1.20. The first-order valence-electron chi connectivity index (χ1n) is 19.0. The highest BCUT2D eigenvalue weighted by molar-refractivity contribution is 6.02. The molecule has 5 heterocycles. The standard InChI is InChI=1S/C44H48N4O10.CH4.B.H2/c1-8-26-23(2)32-20-37-30-12-9-29(42(53)55-6)41(43(54)56-7)44(30,5)38(48-37)22-33-25(4)28(11-14-40(52)58-18-16-50)36(47-33)21-35-27(10-13-39(51)57-17-15-49)24(3)31(46-35)19-34(26)45-32;;;/h8-9,12,19-22,41,45,47,49-50H,1,10-11,13-18H2,2-7H3;1H4;;1H/t41-,44+;;;/m0.../s1/i;;;1+1. The molecule has 3 aromatic rings. The lowest BCUT2D eigenvalue weighted by Gasteiger charge is -2.36. The molecule has 2 aliphatic heterocycles. The molecule has 3 aliphatic rings. The third-order valence-corrected chi connectivity index (χ3v) is 11.2. The van der Waals surface area contributed by atoms with Crippen LogP contribution in [0, 0.1) is 19.8 Å². The molecule has 1 aliphatic carbocycles. The molecule has 15 heteroatoms. The Hall–Kier alpha value is -6.06. The van der Waals surface area contributed by atoms with Gasteiger partial charge in [0.05, 0.1) is 61.2 Å². The second-order valence-corrected chi connectivity index (χ2v) is 14.4. The molecule has 0 spiro atoms. The van der Waals surface area contributed by atoms with Crippen LogP contribution in [-0.4, -0.2) is 103 Å². The van der Waals surface area contributed by atoms with Gasteiger partial charge in [0.25, 0.3) is 0 Å². The summed E-state index contributed by atoms with van der Waals surface area (Å²) in [6.45, 7) is 11.0. The molecule has 3 aromatic heterocycles. The molecule has 3 radical (unpaired) electrons. The highest BCUT2D eigenvalue weighted by Gasteiger charge is 2.53. The lowest BCUT2D eigenvalue weighted by atomic mass is 9.64. The average molecular weight is 823 g/mol. The van der Waals surface area contributed by atoms with Crippen LogP contribution in [0.4, 0.5) is 0 Å². The van der Waals surface area contributed by atoms with Crippen molar-refractivity contribution in [2.45, 2.75) is 66.2 Å². The Morgan fingerprint density at radius 3 is 2.03 bits per heavy atom. The van der Waals surface area contributed by atoms with Crippen molar-refractivity contribution >= 4 is 77.2 Å². The van der Waals surface area contributed by atoms with Gasteiger partial charge in [-0.2, -0.15) is 0 Å². The number of aromatic amines is 2. The number of H-pyrrole nitrogens is 2. The first-order chi connectivity index (χ1) is 27.8. The maximum Gasteiger partial charge on any atom is 0.334 e. The van der Waals surface area contributed by atoms with Crippen molar-refractivity contribution in [3.63, 3.8) is 0 Å². The number of carbonyl (C=O) groups excluding carboxylic acids is 4. The zero-order valence-electron chi connectivity index (χ0n) is 34.1. The second-order valence-electron chi connectivity index (χ2n) is 14.4. The number of nitrogens with one attached hydrogen (secondary N) is 2. The predicted molar refractivity (Wildman–Crippen MR) is 232 cm³/mol. The van der Waals surface area contributed by atoms with E-state index in [1.807, 2.05) is 52.0 Å². The van der Waals surface area contributed by atoms with Crippen molar-refractivity contribution in [1.82, 2.24) is 19.9 Å². The molecule has 2 atom stereocenters. The first-order valence-corrected chi connectivity index (χ1v) is 19.0. The van der Waals surface area contributed by atoms with Crippen LogP contribution < -0.4 is 0 Å². The number of nitrogens with zero attached hydrogens (tertiary/aromatic N) is 2. The minimum absolute atomic E-state index is 0. The number of hydrogen-bond donors (Lipinski definition) is 4. The second kappa shape index (κ2) is 19.3. The van der Waals surface area contributed by atoms with Crippen LogP contribution in [0.15, 0.2) is 48.6 Å². The number of fused-ring (bicyclic) bond motifs is 11. The number of allylic oxidation sites excluding steroid dienone is 5.